The van der Waals surface area contributed by atoms with E-state index < -0.39 is 0 Å². The van der Waals surface area contributed by atoms with Gasteiger partial charge in [0.05, 0.1) is 7.05 Å². The second-order valence-corrected chi connectivity index (χ2v) is 3.20. The number of aryl methyl sites for hydroxylation is 1. The summed E-state index contributed by atoms with van der Waals surface area (Å²) in [5, 5.41) is 11.8. The zero-order chi connectivity index (χ0) is 9.97. The second-order valence-electron chi connectivity index (χ2n) is 2.93. The third-order valence-electron chi connectivity index (χ3n) is 1.87. The first kappa shape index (κ1) is 9.15. The van der Waals surface area contributed by atoms with Crippen LogP contribution in [0.5, 0.6) is 0 Å². The first-order valence-corrected chi connectivity index (χ1v) is 4.72. The molecule has 0 N–H and O–H groups in total. The van der Waals surface area contributed by atoms with Gasteiger partial charge in [-0.25, -0.2) is 0 Å². The van der Waals surface area contributed by atoms with E-state index in [1.54, 1.807) is 7.05 Å². The smallest absolute Gasteiger partial charge is 0.167 e. The molecule has 72 valence electrons. The maximum Gasteiger partial charge on any atom is 0.204 e. The van der Waals surface area contributed by atoms with Crippen molar-refractivity contribution in [1.29, 1.82) is 0 Å². The molecule has 0 amide bonds. The molecule has 1 aromatic carbocycles. The summed E-state index contributed by atoms with van der Waals surface area (Å²) in [4.78, 5) is 1.44. The molecule has 0 radical (unpaired) electrons. The minimum absolute atomic E-state index is 0.522. The van der Waals surface area contributed by atoms with Crippen LogP contribution in [0.3, 0.4) is 0 Å². The van der Waals surface area contributed by atoms with Crippen LogP contribution < -0.4 is 0 Å². The van der Waals surface area contributed by atoms with E-state index in [0.29, 0.717) is 11.7 Å². The standard InChI is InChI=1S/C9H9ClN4/c1-14-12-9(11-13-14)8-4-2-7(6-10)3-5-8/h2-5H,6H2,1H3. The predicted molar refractivity (Wildman–Crippen MR) is 53.8 cm³/mol. The van der Waals surface area contributed by atoms with Gasteiger partial charge in [0.2, 0.25) is 5.82 Å². The molecule has 0 unspecified atom stereocenters. The molecule has 0 fully saturated rings. The van der Waals surface area contributed by atoms with E-state index in [9.17, 15) is 0 Å². The Kier molecular flexibility index (Phi) is 2.45. The van der Waals surface area contributed by atoms with Crippen LogP contribution in [0.1, 0.15) is 5.56 Å². The van der Waals surface area contributed by atoms with E-state index in [1.165, 1.54) is 4.80 Å². The highest BCUT2D eigenvalue weighted by atomic mass is 35.5. The molecule has 2 rings (SSSR count). The molecule has 14 heavy (non-hydrogen) atoms. The Morgan fingerprint density at radius 1 is 1.29 bits per heavy atom. The Morgan fingerprint density at radius 3 is 2.50 bits per heavy atom. The van der Waals surface area contributed by atoms with Crippen molar-refractivity contribution in [2.24, 2.45) is 7.05 Å². The highest BCUT2D eigenvalue weighted by molar-refractivity contribution is 6.17. The molecular formula is C9H9ClN4. The van der Waals surface area contributed by atoms with Gasteiger partial charge in [0.25, 0.3) is 0 Å². The van der Waals surface area contributed by atoms with Crippen molar-refractivity contribution < 1.29 is 0 Å². The van der Waals surface area contributed by atoms with Gasteiger partial charge in [-0.05, 0) is 10.8 Å². The summed E-state index contributed by atoms with van der Waals surface area (Å²) in [6, 6.07) is 7.79. The Labute approximate surface area is 86.5 Å². The molecule has 2 aromatic rings. The molecule has 4 nitrogen and oxygen atoms in total. The predicted octanol–water partition coefficient (Wildman–Crippen LogP) is 1.62. The number of alkyl halides is 1. The van der Waals surface area contributed by atoms with Gasteiger partial charge in [-0.3, -0.25) is 0 Å². The van der Waals surface area contributed by atoms with E-state index >= 15 is 0 Å². The Balaban J connectivity index is 2.33. The number of hydrogen-bond acceptors (Lipinski definition) is 3. The molecule has 5 heteroatoms. The van der Waals surface area contributed by atoms with Crippen LogP contribution in [0.2, 0.25) is 0 Å². The van der Waals surface area contributed by atoms with Crippen LogP contribution in [-0.4, -0.2) is 20.2 Å². The maximum absolute atomic E-state index is 5.68. The highest BCUT2D eigenvalue weighted by Crippen LogP contribution is 2.14. The van der Waals surface area contributed by atoms with Crippen molar-refractivity contribution in [2.75, 3.05) is 0 Å². The van der Waals surface area contributed by atoms with Crippen LogP contribution in [0.25, 0.3) is 11.4 Å². The van der Waals surface area contributed by atoms with Gasteiger partial charge in [0, 0.05) is 11.4 Å². The molecule has 0 atom stereocenters. The number of hydrogen-bond donors (Lipinski definition) is 0. The normalized spacial score (nSPS) is 10.4. The average Bonchev–Trinajstić information content (AvgIpc) is 2.65. The largest absolute Gasteiger partial charge is 0.204 e. The summed E-state index contributed by atoms with van der Waals surface area (Å²) in [6.45, 7) is 0. The van der Waals surface area contributed by atoms with Gasteiger partial charge in [0.15, 0.2) is 0 Å². The number of benzene rings is 1. The van der Waals surface area contributed by atoms with Crippen LogP contribution >= 0.6 is 11.6 Å². The second kappa shape index (κ2) is 3.75. The topological polar surface area (TPSA) is 43.6 Å². The van der Waals surface area contributed by atoms with Gasteiger partial charge in [-0.1, -0.05) is 24.3 Å². The molecule has 0 spiro atoms. The number of halogens is 1. The summed E-state index contributed by atoms with van der Waals surface area (Å²) in [5.41, 5.74) is 2.03. The summed E-state index contributed by atoms with van der Waals surface area (Å²) in [5.74, 6) is 1.15. The maximum atomic E-state index is 5.68. The van der Waals surface area contributed by atoms with E-state index in [1.807, 2.05) is 24.3 Å². The molecule has 0 bridgehead atoms. The van der Waals surface area contributed by atoms with Crippen LogP contribution in [-0.2, 0) is 12.9 Å². The highest BCUT2D eigenvalue weighted by Gasteiger charge is 2.03. The zero-order valence-corrected chi connectivity index (χ0v) is 8.44. The molecule has 1 aromatic heterocycles. The molecular weight excluding hydrogens is 200 g/mol. The van der Waals surface area contributed by atoms with Crippen molar-refractivity contribution in [3.63, 3.8) is 0 Å². The van der Waals surface area contributed by atoms with E-state index in [0.717, 1.165) is 11.1 Å². The number of tetrazole rings is 1. The van der Waals surface area contributed by atoms with Crippen molar-refractivity contribution >= 4 is 11.6 Å². The third kappa shape index (κ3) is 1.75. The van der Waals surface area contributed by atoms with Gasteiger partial charge in [0.1, 0.15) is 0 Å². The van der Waals surface area contributed by atoms with Crippen molar-refractivity contribution in [3.8, 4) is 11.4 Å². The summed E-state index contributed by atoms with van der Waals surface area (Å²) < 4.78 is 0. The molecule has 0 aliphatic heterocycles. The molecule has 0 saturated carbocycles. The minimum Gasteiger partial charge on any atom is -0.167 e. The monoisotopic (exact) mass is 208 g/mol. The molecule has 0 aliphatic carbocycles. The van der Waals surface area contributed by atoms with Gasteiger partial charge >= 0.3 is 0 Å². The number of aromatic nitrogens is 4. The number of rotatable bonds is 2. The Bertz CT molecular complexity index is 421. The van der Waals surface area contributed by atoms with E-state index in [4.69, 9.17) is 11.6 Å². The van der Waals surface area contributed by atoms with E-state index in [-0.39, 0.29) is 0 Å². The lowest BCUT2D eigenvalue weighted by molar-refractivity contribution is 0.630. The third-order valence-corrected chi connectivity index (χ3v) is 2.18. The SMILES string of the molecule is Cn1nnc(-c2ccc(CCl)cc2)n1. The zero-order valence-electron chi connectivity index (χ0n) is 7.68. The van der Waals surface area contributed by atoms with Gasteiger partial charge < -0.3 is 0 Å². The fourth-order valence-corrected chi connectivity index (χ4v) is 1.32. The van der Waals surface area contributed by atoms with Crippen LogP contribution in [0.15, 0.2) is 24.3 Å². The summed E-state index contributed by atoms with van der Waals surface area (Å²) in [6.07, 6.45) is 0. The van der Waals surface area contributed by atoms with E-state index in [2.05, 4.69) is 15.4 Å². The quantitative estimate of drug-likeness (QED) is 0.705. The van der Waals surface area contributed by atoms with Crippen LogP contribution in [0.4, 0.5) is 0 Å². The van der Waals surface area contributed by atoms with Crippen LogP contribution in [0, 0.1) is 0 Å². The summed E-state index contributed by atoms with van der Waals surface area (Å²) >= 11 is 5.68. The molecule has 0 aliphatic rings. The first-order valence-electron chi connectivity index (χ1n) is 4.19. The Hall–Kier alpha value is -1.42. The van der Waals surface area contributed by atoms with Crippen molar-refractivity contribution in [3.05, 3.63) is 29.8 Å². The lowest BCUT2D eigenvalue weighted by Gasteiger charge is -1.96. The minimum atomic E-state index is 0.522. The lowest BCUT2D eigenvalue weighted by Crippen LogP contribution is -1.91. The Morgan fingerprint density at radius 2 is 2.00 bits per heavy atom. The molecule has 0 saturated heterocycles. The number of nitrogens with zero attached hydrogens (tertiary/aromatic N) is 4. The van der Waals surface area contributed by atoms with Gasteiger partial charge in [-0.15, -0.1) is 21.8 Å². The fraction of sp³-hybridized carbons (Fsp3) is 0.222. The lowest BCUT2D eigenvalue weighted by atomic mass is 10.1. The first-order chi connectivity index (χ1) is 6.79. The fourth-order valence-electron chi connectivity index (χ4n) is 1.14. The van der Waals surface area contributed by atoms with Gasteiger partial charge in [-0.2, -0.15) is 4.80 Å². The summed E-state index contributed by atoms with van der Waals surface area (Å²) in [7, 11) is 1.74. The average molecular weight is 209 g/mol. The molecule has 1 heterocycles. The van der Waals surface area contributed by atoms with Crippen molar-refractivity contribution in [2.45, 2.75) is 5.88 Å². The van der Waals surface area contributed by atoms with Crippen molar-refractivity contribution in [1.82, 2.24) is 20.2 Å².